The van der Waals surface area contributed by atoms with E-state index in [9.17, 15) is 0 Å². The molecule has 0 saturated heterocycles. The summed E-state index contributed by atoms with van der Waals surface area (Å²) < 4.78 is 0. The molecule has 0 fully saturated rings. The third-order valence-electron chi connectivity index (χ3n) is 2.16. The second-order valence-electron chi connectivity index (χ2n) is 3.55. The van der Waals surface area contributed by atoms with Gasteiger partial charge in [0.15, 0.2) is 5.82 Å². The molecule has 2 N–H and O–H groups in total. The van der Waals surface area contributed by atoms with Gasteiger partial charge in [-0.2, -0.15) is 10.1 Å². The number of aromatic nitrogens is 4. The predicted molar refractivity (Wildman–Crippen MR) is 70.1 cm³/mol. The molecule has 18 heavy (non-hydrogen) atoms. The molecule has 0 bridgehead atoms. The Kier molecular flexibility index (Phi) is 4.18. The van der Waals surface area contributed by atoms with E-state index in [1.54, 1.807) is 24.7 Å². The molecule has 6 heteroatoms. The SMILES string of the molecule is C=CCNc1cnnc(NCc2cccnc2)n1. The van der Waals surface area contributed by atoms with Gasteiger partial charge >= 0.3 is 0 Å². The van der Waals surface area contributed by atoms with Crippen molar-refractivity contribution in [1.29, 1.82) is 0 Å². The Labute approximate surface area is 105 Å². The summed E-state index contributed by atoms with van der Waals surface area (Å²) >= 11 is 0. The summed E-state index contributed by atoms with van der Waals surface area (Å²) in [7, 11) is 0. The van der Waals surface area contributed by atoms with Crippen molar-refractivity contribution in [2.75, 3.05) is 17.2 Å². The highest BCUT2D eigenvalue weighted by Crippen LogP contribution is 2.05. The Bertz CT molecular complexity index is 499. The zero-order valence-corrected chi connectivity index (χ0v) is 9.87. The van der Waals surface area contributed by atoms with Crippen LogP contribution in [-0.2, 0) is 6.54 Å². The lowest BCUT2D eigenvalue weighted by Crippen LogP contribution is -2.08. The summed E-state index contributed by atoms with van der Waals surface area (Å²) in [5.74, 6) is 1.14. The average Bonchev–Trinajstić information content (AvgIpc) is 2.44. The fraction of sp³-hybridized carbons (Fsp3) is 0.167. The second kappa shape index (κ2) is 6.29. The van der Waals surface area contributed by atoms with Gasteiger partial charge in [-0.1, -0.05) is 12.1 Å². The van der Waals surface area contributed by atoms with Crippen molar-refractivity contribution in [2.45, 2.75) is 6.54 Å². The first-order valence-electron chi connectivity index (χ1n) is 5.56. The first kappa shape index (κ1) is 12.0. The minimum atomic E-state index is 0.480. The van der Waals surface area contributed by atoms with E-state index in [-0.39, 0.29) is 0 Å². The van der Waals surface area contributed by atoms with Crippen LogP contribution in [0.25, 0.3) is 0 Å². The molecule has 6 nitrogen and oxygen atoms in total. The van der Waals surface area contributed by atoms with Crippen LogP contribution in [0.4, 0.5) is 11.8 Å². The number of hydrogen-bond acceptors (Lipinski definition) is 6. The van der Waals surface area contributed by atoms with Crippen molar-refractivity contribution in [3.05, 3.63) is 48.9 Å². The Hall–Kier alpha value is -2.50. The minimum absolute atomic E-state index is 0.480. The van der Waals surface area contributed by atoms with E-state index >= 15 is 0 Å². The van der Waals surface area contributed by atoms with Crippen LogP contribution in [0, 0.1) is 0 Å². The van der Waals surface area contributed by atoms with Crippen molar-refractivity contribution in [1.82, 2.24) is 20.2 Å². The second-order valence-corrected chi connectivity index (χ2v) is 3.55. The highest BCUT2D eigenvalue weighted by Gasteiger charge is 1.99. The summed E-state index contributed by atoms with van der Waals surface area (Å²) in [6, 6.07) is 3.87. The molecule has 0 saturated carbocycles. The number of nitrogens with zero attached hydrogens (tertiary/aromatic N) is 4. The maximum absolute atomic E-state index is 4.26. The number of nitrogens with one attached hydrogen (secondary N) is 2. The zero-order valence-electron chi connectivity index (χ0n) is 9.87. The molecule has 0 amide bonds. The average molecular weight is 242 g/mol. The summed E-state index contributed by atoms with van der Waals surface area (Å²) in [6.07, 6.45) is 6.85. The van der Waals surface area contributed by atoms with E-state index in [1.807, 2.05) is 12.1 Å². The largest absolute Gasteiger partial charge is 0.365 e. The molecule has 2 aromatic heterocycles. The lowest BCUT2D eigenvalue weighted by Gasteiger charge is -2.06. The van der Waals surface area contributed by atoms with Crippen LogP contribution in [-0.4, -0.2) is 26.7 Å². The minimum Gasteiger partial charge on any atom is -0.365 e. The molecule has 0 aliphatic carbocycles. The normalized spacial score (nSPS) is 9.78. The summed E-state index contributed by atoms with van der Waals surface area (Å²) in [4.78, 5) is 8.30. The molecule has 0 aliphatic heterocycles. The van der Waals surface area contributed by atoms with Crippen molar-refractivity contribution in [3.8, 4) is 0 Å². The zero-order chi connectivity index (χ0) is 12.6. The van der Waals surface area contributed by atoms with Gasteiger partial charge in [0.25, 0.3) is 0 Å². The maximum Gasteiger partial charge on any atom is 0.244 e. The van der Waals surface area contributed by atoms with Crippen molar-refractivity contribution in [3.63, 3.8) is 0 Å². The maximum atomic E-state index is 4.26. The summed E-state index contributed by atoms with van der Waals surface area (Å²) in [5.41, 5.74) is 1.06. The molecular formula is C12H14N6. The Morgan fingerprint density at radius 1 is 1.28 bits per heavy atom. The van der Waals surface area contributed by atoms with Crippen molar-refractivity contribution >= 4 is 11.8 Å². The predicted octanol–water partition coefficient (Wildman–Crippen LogP) is 1.48. The van der Waals surface area contributed by atoms with E-state index in [4.69, 9.17) is 0 Å². The monoisotopic (exact) mass is 242 g/mol. The van der Waals surface area contributed by atoms with Crippen LogP contribution < -0.4 is 10.6 Å². The van der Waals surface area contributed by atoms with Gasteiger partial charge in [-0.15, -0.1) is 11.7 Å². The van der Waals surface area contributed by atoms with Gasteiger partial charge < -0.3 is 10.6 Å². The van der Waals surface area contributed by atoms with E-state index in [0.29, 0.717) is 24.9 Å². The molecule has 2 aromatic rings. The number of anilines is 2. The first-order valence-corrected chi connectivity index (χ1v) is 5.56. The number of hydrogen-bond donors (Lipinski definition) is 2. The molecule has 2 heterocycles. The highest BCUT2D eigenvalue weighted by molar-refractivity contribution is 5.37. The summed E-state index contributed by atoms with van der Waals surface area (Å²) in [5, 5.41) is 13.9. The molecule has 0 aromatic carbocycles. The van der Waals surface area contributed by atoms with E-state index < -0.39 is 0 Å². The van der Waals surface area contributed by atoms with Gasteiger partial charge in [-0.25, -0.2) is 0 Å². The highest BCUT2D eigenvalue weighted by atomic mass is 15.3. The van der Waals surface area contributed by atoms with Crippen LogP contribution in [0.5, 0.6) is 0 Å². The molecular weight excluding hydrogens is 228 g/mol. The fourth-order valence-corrected chi connectivity index (χ4v) is 1.32. The summed E-state index contributed by atoms with van der Waals surface area (Å²) in [6.45, 7) is 4.88. The lowest BCUT2D eigenvalue weighted by atomic mass is 10.3. The molecule has 0 spiro atoms. The fourth-order valence-electron chi connectivity index (χ4n) is 1.32. The van der Waals surface area contributed by atoms with E-state index in [2.05, 4.69) is 37.4 Å². The van der Waals surface area contributed by atoms with Crippen LogP contribution in [0.2, 0.25) is 0 Å². The lowest BCUT2D eigenvalue weighted by molar-refractivity contribution is 0.942. The van der Waals surface area contributed by atoms with Gasteiger partial charge in [0.1, 0.15) is 0 Å². The Morgan fingerprint density at radius 3 is 3.00 bits per heavy atom. The van der Waals surface area contributed by atoms with Crippen LogP contribution in [0.3, 0.4) is 0 Å². The topological polar surface area (TPSA) is 75.6 Å². The van der Waals surface area contributed by atoms with E-state index in [0.717, 1.165) is 5.56 Å². The van der Waals surface area contributed by atoms with Crippen LogP contribution >= 0.6 is 0 Å². The standard InChI is InChI=1S/C12H14N6/c1-2-5-14-11-9-16-18-12(17-11)15-8-10-4-3-6-13-7-10/h2-4,6-7,9H,1,5,8H2,(H2,14,15,17,18). The van der Waals surface area contributed by atoms with Gasteiger partial charge in [-0.05, 0) is 11.6 Å². The van der Waals surface area contributed by atoms with Gasteiger partial charge in [0.05, 0.1) is 6.20 Å². The molecule has 0 aliphatic rings. The molecule has 92 valence electrons. The quantitative estimate of drug-likeness (QED) is 0.747. The van der Waals surface area contributed by atoms with Crippen LogP contribution in [0.1, 0.15) is 5.56 Å². The van der Waals surface area contributed by atoms with Crippen LogP contribution in [0.15, 0.2) is 43.4 Å². The molecule has 0 unspecified atom stereocenters. The van der Waals surface area contributed by atoms with Gasteiger partial charge in [-0.3, -0.25) is 4.98 Å². The first-order chi connectivity index (χ1) is 8.88. The Balaban J connectivity index is 1.95. The number of rotatable bonds is 6. The van der Waals surface area contributed by atoms with Crippen molar-refractivity contribution in [2.24, 2.45) is 0 Å². The third-order valence-corrected chi connectivity index (χ3v) is 2.16. The van der Waals surface area contributed by atoms with Gasteiger partial charge in [0.2, 0.25) is 5.95 Å². The van der Waals surface area contributed by atoms with Crippen molar-refractivity contribution < 1.29 is 0 Å². The van der Waals surface area contributed by atoms with Gasteiger partial charge in [0, 0.05) is 25.5 Å². The Morgan fingerprint density at radius 2 is 2.22 bits per heavy atom. The molecule has 0 radical (unpaired) electrons. The van der Waals surface area contributed by atoms with E-state index in [1.165, 1.54) is 0 Å². The molecule has 2 rings (SSSR count). The number of pyridine rings is 1. The molecule has 0 atom stereocenters. The third kappa shape index (κ3) is 3.51. The smallest absolute Gasteiger partial charge is 0.244 e.